The molecule has 0 fully saturated rings. The number of fused-ring (bicyclic) bond motifs is 3. The number of hydrogen-bond donors (Lipinski definition) is 0. The Morgan fingerprint density at radius 1 is 0.733 bits per heavy atom. The zero-order valence-corrected chi connectivity index (χ0v) is 16.4. The summed E-state index contributed by atoms with van der Waals surface area (Å²) in [5, 5.41) is 0. The number of rotatable bonds is 5. The van der Waals surface area contributed by atoms with E-state index in [1.54, 1.807) is 24.5 Å². The van der Waals surface area contributed by atoms with Gasteiger partial charge in [-0.25, -0.2) is 0 Å². The molecule has 0 saturated carbocycles. The minimum Gasteiger partial charge on any atom is -0.426 e. The number of aromatic nitrogens is 2. The summed E-state index contributed by atoms with van der Waals surface area (Å²) in [6, 6.07) is 27.4. The van der Waals surface area contributed by atoms with Gasteiger partial charge < -0.3 is 4.74 Å². The predicted octanol–water partition coefficient (Wildman–Crippen LogP) is 4.98. The molecule has 0 radical (unpaired) electrons. The van der Waals surface area contributed by atoms with E-state index in [-0.39, 0.29) is 12.4 Å². The summed E-state index contributed by atoms with van der Waals surface area (Å²) in [6.45, 7) is 0. The monoisotopic (exact) mass is 392 g/mol. The molecule has 2 heterocycles. The van der Waals surface area contributed by atoms with E-state index in [0.717, 1.165) is 28.1 Å². The van der Waals surface area contributed by atoms with E-state index >= 15 is 0 Å². The molecule has 146 valence electrons. The summed E-state index contributed by atoms with van der Waals surface area (Å²) in [5.74, 6) is 0.275. The highest BCUT2D eigenvalue weighted by atomic mass is 16.5. The third kappa shape index (κ3) is 3.16. The lowest BCUT2D eigenvalue weighted by Crippen LogP contribution is -2.33. The summed E-state index contributed by atoms with van der Waals surface area (Å²) < 4.78 is 5.69. The maximum Gasteiger partial charge on any atom is 0.312 e. The first kappa shape index (κ1) is 18.3. The molecular formula is C26H20N2O2. The number of pyridine rings is 2. The third-order valence-corrected chi connectivity index (χ3v) is 5.64. The zero-order chi connectivity index (χ0) is 20.4. The Kier molecular flexibility index (Phi) is 4.60. The van der Waals surface area contributed by atoms with Crippen LogP contribution in [0.1, 0.15) is 23.1 Å². The van der Waals surface area contributed by atoms with Gasteiger partial charge in [0.15, 0.2) is 0 Å². The van der Waals surface area contributed by atoms with Gasteiger partial charge in [-0.3, -0.25) is 14.8 Å². The molecule has 30 heavy (non-hydrogen) atoms. The Balaban J connectivity index is 1.62. The van der Waals surface area contributed by atoms with Gasteiger partial charge in [-0.2, -0.15) is 0 Å². The summed E-state index contributed by atoms with van der Waals surface area (Å²) >= 11 is 0. The van der Waals surface area contributed by atoms with Gasteiger partial charge in [0.05, 0.1) is 17.8 Å². The topological polar surface area (TPSA) is 52.1 Å². The van der Waals surface area contributed by atoms with Crippen LogP contribution in [0.3, 0.4) is 0 Å². The Hall–Kier alpha value is -3.79. The number of carbonyl (C=O) groups is 1. The molecule has 0 saturated heterocycles. The van der Waals surface area contributed by atoms with Crippen LogP contribution >= 0.6 is 0 Å². The van der Waals surface area contributed by atoms with Crippen molar-refractivity contribution in [1.82, 2.24) is 9.97 Å². The van der Waals surface area contributed by atoms with Crippen molar-refractivity contribution in [2.24, 2.45) is 0 Å². The average Bonchev–Trinajstić information content (AvgIpc) is 3.05. The lowest BCUT2D eigenvalue weighted by molar-refractivity contribution is -0.135. The number of hydrogen-bond acceptors (Lipinski definition) is 4. The second-order valence-electron chi connectivity index (χ2n) is 7.51. The van der Waals surface area contributed by atoms with Gasteiger partial charge in [0.2, 0.25) is 0 Å². The molecule has 1 aliphatic rings. The third-order valence-electron chi connectivity index (χ3n) is 5.64. The largest absolute Gasteiger partial charge is 0.426 e. The first-order valence-corrected chi connectivity index (χ1v) is 9.97. The molecule has 4 heteroatoms. The molecule has 2 aromatic carbocycles. The van der Waals surface area contributed by atoms with Crippen molar-refractivity contribution in [2.45, 2.75) is 18.3 Å². The number of para-hydroxylation sites is 1. The van der Waals surface area contributed by atoms with E-state index in [1.807, 2.05) is 48.5 Å². The minimum absolute atomic E-state index is 0.203. The van der Waals surface area contributed by atoms with Crippen LogP contribution in [0, 0.1) is 0 Å². The number of carbonyl (C=O) groups excluding carboxylic acids is 1. The zero-order valence-electron chi connectivity index (χ0n) is 16.4. The van der Waals surface area contributed by atoms with Crippen molar-refractivity contribution in [3.05, 3.63) is 114 Å². The van der Waals surface area contributed by atoms with E-state index in [4.69, 9.17) is 4.74 Å². The maximum absolute atomic E-state index is 13.1. The fourth-order valence-corrected chi connectivity index (χ4v) is 4.40. The van der Waals surface area contributed by atoms with Gasteiger partial charge in [0.25, 0.3) is 0 Å². The van der Waals surface area contributed by atoms with Crippen LogP contribution in [0.4, 0.5) is 0 Å². The van der Waals surface area contributed by atoms with E-state index in [1.165, 1.54) is 0 Å². The van der Waals surface area contributed by atoms with Gasteiger partial charge in [-0.1, -0.05) is 60.7 Å². The predicted molar refractivity (Wildman–Crippen MR) is 115 cm³/mol. The van der Waals surface area contributed by atoms with Crippen molar-refractivity contribution >= 4 is 5.97 Å². The molecule has 1 aliphatic carbocycles. The quantitative estimate of drug-likeness (QED) is 0.355. The lowest BCUT2D eigenvalue weighted by Gasteiger charge is -2.31. The standard InChI is InChI=1S/C26H20N2O2/c29-23(30-20-11-5-2-6-12-20)18-26(17-19-9-3-1-4-10-19)21-13-7-15-27-24(21)25-22(26)14-8-16-28-25/h1-16H,17-18H2. The van der Waals surface area contributed by atoms with Crippen LogP contribution < -0.4 is 4.74 Å². The Morgan fingerprint density at radius 2 is 1.30 bits per heavy atom. The SMILES string of the molecule is O=C(CC1(Cc2ccccc2)c2cccnc2-c2ncccc21)Oc1ccccc1. The van der Waals surface area contributed by atoms with Crippen molar-refractivity contribution in [1.29, 1.82) is 0 Å². The molecule has 5 rings (SSSR count). The lowest BCUT2D eigenvalue weighted by atomic mass is 9.71. The molecule has 2 aromatic heterocycles. The second-order valence-corrected chi connectivity index (χ2v) is 7.51. The molecule has 4 nitrogen and oxygen atoms in total. The Morgan fingerprint density at radius 3 is 1.90 bits per heavy atom. The highest BCUT2D eigenvalue weighted by Gasteiger charge is 2.46. The summed E-state index contributed by atoms with van der Waals surface area (Å²) in [7, 11) is 0. The number of benzene rings is 2. The summed E-state index contributed by atoms with van der Waals surface area (Å²) in [4.78, 5) is 22.3. The van der Waals surface area contributed by atoms with Crippen molar-refractivity contribution < 1.29 is 9.53 Å². The average molecular weight is 392 g/mol. The van der Waals surface area contributed by atoms with E-state index < -0.39 is 5.41 Å². The van der Waals surface area contributed by atoms with Crippen molar-refractivity contribution in [3.8, 4) is 17.1 Å². The van der Waals surface area contributed by atoms with Gasteiger partial charge in [0.1, 0.15) is 5.75 Å². The fourth-order valence-electron chi connectivity index (χ4n) is 4.40. The molecule has 0 N–H and O–H groups in total. The van der Waals surface area contributed by atoms with Crippen LogP contribution in [0.2, 0.25) is 0 Å². The van der Waals surface area contributed by atoms with Crippen molar-refractivity contribution in [3.63, 3.8) is 0 Å². The highest BCUT2D eigenvalue weighted by Crippen LogP contribution is 2.50. The van der Waals surface area contributed by atoms with Crippen LogP contribution in [0.5, 0.6) is 5.75 Å². The van der Waals surface area contributed by atoms with Gasteiger partial charge in [-0.15, -0.1) is 0 Å². The minimum atomic E-state index is -0.583. The number of ether oxygens (including phenoxy) is 1. The van der Waals surface area contributed by atoms with Crippen LogP contribution in [0.25, 0.3) is 11.4 Å². The van der Waals surface area contributed by atoms with Crippen LogP contribution in [-0.4, -0.2) is 15.9 Å². The number of nitrogens with zero attached hydrogens (tertiary/aromatic N) is 2. The normalized spacial score (nSPS) is 13.3. The molecule has 0 bridgehead atoms. The van der Waals surface area contributed by atoms with Crippen molar-refractivity contribution in [2.75, 3.05) is 0 Å². The first-order valence-electron chi connectivity index (χ1n) is 9.97. The molecule has 0 aliphatic heterocycles. The van der Waals surface area contributed by atoms with Crippen LogP contribution in [0.15, 0.2) is 97.3 Å². The smallest absolute Gasteiger partial charge is 0.312 e. The van der Waals surface area contributed by atoms with E-state index in [0.29, 0.717) is 12.2 Å². The highest BCUT2D eigenvalue weighted by molar-refractivity contribution is 5.82. The number of esters is 1. The van der Waals surface area contributed by atoms with Crippen LogP contribution in [-0.2, 0) is 16.6 Å². The molecular weight excluding hydrogens is 372 g/mol. The molecule has 0 unspecified atom stereocenters. The first-order chi connectivity index (χ1) is 14.8. The maximum atomic E-state index is 13.1. The van der Waals surface area contributed by atoms with E-state index in [2.05, 4.69) is 34.2 Å². The Labute approximate surface area is 175 Å². The Bertz CT molecular complexity index is 1140. The molecule has 0 atom stereocenters. The molecule has 4 aromatic rings. The fraction of sp³-hybridized carbons (Fsp3) is 0.115. The van der Waals surface area contributed by atoms with E-state index in [9.17, 15) is 4.79 Å². The van der Waals surface area contributed by atoms with Gasteiger partial charge >= 0.3 is 5.97 Å². The molecule has 0 amide bonds. The second kappa shape index (κ2) is 7.56. The summed E-state index contributed by atoms with van der Waals surface area (Å²) in [6.07, 6.45) is 4.42. The van der Waals surface area contributed by atoms with Gasteiger partial charge in [-0.05, 0) is 47.4 Å². The molecule has 0 spiro atoms. The summed E-state index contributed by atoms with van der Waals surface area (Å²) in [5.41, 5.74) is 4.30. The van der Waals surface area contributed by atoms with Gasteiger partial charge in [0, 0.05) is 17.8 Å².